The Balaban J connectivity index is 2.60. The molecule has 0 aromatic heterocycles. The Bertz CT molecular complexity index is 175. The van der Waals surface area contributed by atoms with Crippen molar-refractivity contribution < 1.29 is 4.79 Å². The molecule has 11 heavy (non-hydrogen) atoms. The second kappa shape index (κ2) is 3.42. The number of carbonyl (C=O) groups is 1. The first-order valence-corrected chi connectivity index (χ1v) is 3.89. The van der Waals surface area contributed by atoms with Crippen molar-refractivity contribution >= 4 is 5.91 Å². The van der Waals surface area contributed by atoms with E-state index in [1.165, 1.54) is 0 Å². The fourth-order valence-electron chi connectivity index (χ4n) is 1.10. The molecule has 0 saturated carbocycles. The van der Waals surface area contributed by atoms with Crippen LogP contribution in [-0.2, 0) is 4.79 Å². The summed E-state index contributed by atoms with van der Waals surface area (Å²) in [6.07, 6.45) is 3.80. The van der Waals surface area contributed by atoms with E-state index in [0.717, 1.165) is 6.54 Å². The monoisotopic (exact) mass is 154 g/mol. The predicted octanol–water partition coefficient (Wildman–Crippen LogP) is 0.340. The second-order valence-corrected chi connectivity index (χ2v) is 2.92. The lowest BCUT2D eigenvalue weighted by atomic mass is 10.3. The topological polar surface area (TPSA) is 32.3 Å². The molecule has 0 aromatic rings. The highest BCUT2D eigenvalue weighted by molar-refractivity contribution is 5.79. The molecule has 0 bridgehead atoms. The highest BCUT2D eigenvalue weighted by Gasteiger charge is 2.15. The van der Waals surface area contributed by atoms with Crippen LogP contribution in [0, 0.1) is 0 Å². The maximum Gasteiger partial charge on any atom is 0.242 e. The van der Waals surface area contributed by atoms with E-state index in [0.29, 0.717) is 12.6 Å². The van der Waals surface area contributed by atoms with Crippen molar-refractivity contribution in [1.82, 2.24) is 10.2 Å². The van der Waals surface area contributed by atoms with E-state index in [2.05, 4.69) is 5.32 Å². The Morgan fingerprint density at radius 3 is 3.00 bits per heavy atom. The Morgan fingerprint density at radius 1 is 1.64 bits per heavy atom. The van der Waals surface area contributed by atoms with Gasteiger partial charge in [0.25, 0.3) is 0 Å². The molecule has 0 fully saturated rings. The number of hydrogen-bond acceptors (Lipinski definition) is 2. The molecule has 0 saturated heterocycles. The number of nitrogens with zero attached hydrogens (tertiary/aromatic N) is 1. The fraction of sp³-hybridized carbons (Fsp3) is 0.625. The lowest BCUT2D eigenvalue weighted by Gasteiger charge is -2.23. The summed E-state index contributed by atoms with van der Waals surface area (Å²) in [4.78, 5) is 13.1. The van der Waals surface area contributed by atoms with Gasteiger partial charge in [-0.1, -0.05) is 0 Å². The molecule has 1 N–H and O–H groups in total. The van der Waals surface area contributed by atoms with Gasteiger partial charge in [-0.05, 0) is 26.1 Å². The van der Waals surface area contributed by atoms with E-state index in [-0.39, 0.29) is 5.91 Å². The molecule has 0 aliphatic carbocycles. The van der Waals surface area contributed by atoms with Gasteiger partial charge in [0, 0.05) is 12.6 Å². The average Bonchev–Trinajstić information content (AvgIpc) is 2.13. The molecule has 1 rings (SSSR count). The second-order valence-electron chi connectivity index (χ2n) is 2.92. The van der Waals surface area contributed by atoms with Gasteiger partial charge >= 0.3 is 0 Å². The van der Waals surface area contributed by atoms with Crippen LogP contribution < -0.4 is 5.32 Å². The number of carbonyl (C=O) groups excluding carboxylic acids is 1. The van der Waals surface area contributed by atoms with E-state index < -0.39 is 0 Å². The maximum absolute atomic E-state index is 11.3. The minimum Gasteiger partial charge on any atom is -0.382 e. The van der Waals surface area contributed by atoms with Gasteiger partial charge in [0.15, 0.2) is 0 Å². The Kier molecular flexibility index (Phi) is 2.52. The van der Waals surface area contributed by atoms with Crippen LogP contribution in [0.4, 0.5) is 0 Å². The maximum atomic E-state index is 11.3. The first-order valence-electron chi connectivity index (χ1n) is 3.89. The molecule has 1 amide bonds. The van der Waals surface area contributed by atoms with Crippen LogP contribution in [0.1, 0.15) is 13.8 Å². The van der Waals surface area contributed by atoms with Gasteiger partial charge in [0.05, 0.1) is 6.54 Å². The Labute approximate surface area is 67.1 Å². The summed E-state index contributed by atoms with van der Waals surface area (Å²) < 4.78 is 0. The summed E-state index contributed by atoms with van der Waals surface area (Å²) in [5.74, 6) is 0.171. The van der Waals surface area contributed by atoms with Gasteiger partial charge < -0.3 is 10.2 Å². The van der Waals surface area contributed by atoms with Gasteiger partial charge in [-0.3, -0.25) is 4.79 Å². The first kappa shape index (κ1) is 8.11. The van der Waals surface area contributed by atoms with E-state index in [1.807, 2.05) is 31.0 Å². The molecule has 0 atom stereocenters. The van der Waals surface area contributed by atoms with E-state index in [1.54, 1.807) is 0 Å². The van der Waals surface area contributed by atoms with Gasteiger partial charge in [-0.25, -0.2) is 0 Å². The summed E-state index contributed by atoms with van der Waals surface area (Å²) in [5.41, 5.74) is 0. The highest BCUT2D eigenvalue weighted by Crippen LogP contribution is 2.00. The first-order chi connectivity index (χ1) is 5.22. The zero-order valence-electron chi connectivity index (χ0n) is 7.00. The van der Waals surface area contributed by atoms with Crippen LogP contribution in [0.2, 0.25) is 0 Å². The molecule has 0 radical (unpaired) electrons. The predicted molar refractivity (Wildman–Crippen MR) is 44.0 cm³/mol. The Hall–Kier alpha value is -0.990. The molecule has 62 valence electrons. The summed E-state index contributed by atoms with van der Waals surface area (Å²) in [5, 5.41) is 2.91. The summed E-state index contributed by atoms with van der Waals surface area (Å²) in [7, 11) is 0. The number of hydrogen-bond donors (Lipinski definition) is 1. The van der Waals surface area contributed by atoms with Crippen molar-refractivity contribution in [1.29, 1.82) is 0 Å². The molecule has 3 nitrogen and oxygen atoms in total. The molecule has 0 spiro atoms. The van der Waals surface area contributed by atoms with Crippen LogP contribution in [0.3, 0.4) is 0 Å². The van der Waals surface area contributed by atoms with Crippen LogP contribution in [-0.4, -0.2) is 29.9 Å². The molecule has 0 aromatic carbocycles. The average molecular weight is 154 g/mol. The fourth-order valence-corrected chi connectivity index (χ4v) is 1.10. The van der Waals surface area contributed by atoms with Crippen LogP contribution in [0.25, 0.3) is 0 Å². The normalized spacial score (nSPS) is 18.5. The highest BCUT2D eigenvalue weighted by atomic mass is 16.2. The van der Waals surface area contributed by atoms with Crippen molar-refractivity contribution in [2.45, 2.75) is 19.9 Å². The third-order valence-electron chi connectivity index (χ3n) is 1.73. The largest absolute Gasteiger partial charge is 0.382 e. The summed E-state index contributed by atoms with van der Waals surface area (Å²) >= 11 is 0. The molecule has 1 heterocycles. The van der Waals surface area contributed by atoms with E-state index in [9.17, 15) is 4.79 Å². The SMILES string of the molecule is CC(C)N1CC=CNCC1=O. The lowest BCUT2D eigenvalue weighted by molar-refractivity contribution is -0.130. The smallest absolute Gasteiger partial charge is 0.242 e. The zero-order valence-corrected chi connectivity index (χ0v) is 7.00. The van der Waals surface area contributed by atoms with Gasteiger partial charge in [0.2, 0.25) is 5.91 Å². The van der Waals surface area contributed by atoms with Crippen molar-refractivity contribution in [2.75, 3.05) is 13.1 Å². The van der Waals surface area contributed by atoms with E-state index >= 15 is 0 Å². The molecular formula is C8H14N2O. The standard InChI is InChI=1S/C8H14N2O/c1-7(2)10-5-3-4-9-6-8(10)11/h3-4,7,9H,5-6H2,1-2H3. The van der Waals surface area contributed by atoms with Crippen LogP contribution >= 0.6 is 0 Å². The van der Waals surface area contributed by atoms with Gasteiger partial charge in [0.1, 0.15) is 0 Å². The van der Waals surface area contributed by atoms with Gasteiger partial charge in [-0.15, -0.1) is 0 Å². The van der Waals surface area contributed by atoms with Crippen molar-refractivity contribution in [3.05, 3.63) is 12.3 Å². The lowest BCUT2D eigenvalue weighted by Crippen LogP contribution is -2.39. The third-order valence-corrected chi connectivity index (χ3v) is 1.73. The minimum atomic E-state index is 0.171. The van der Waals surface area contributed by atoms with E-state index in [4.69, 9.17) is 0 Å². The number of rotatable bonds is 1. The van der Waals surface area contributed by atoms with Crippen molar-refractivity contribution in [3.8, 4) is 0 Å². The van der Waals surface area contributed by atoms with Crippen LogP contribution in [0.5, 0.6) is 0 Å². The molecule has 3 heteroatoms. The number of amides is 1. The molecule has 1 aliphatic heterocycles. The molecular weight excluding hydrogens is 140 g/mol. The summed E-state index contributed by atoms with van der Waals surface area (Å²) in [6.45, 7) is 5.20. The molecule has 0 unspecified atom stereocenters. The van der Waals surface area contributed by atoms with Crippen molar-refractivity contribution in [3.63, 3.8) is 0 Å². The minimum absolute atomic E-state index is 0.171. The van der Waals surface area contributed by atoms with Crippen LogP contribution in [0.15, 0.2) is 12.3 Å². The summed E-state index contributed by atoms with van der Waals surface area (Å²) in [6, 6.07) is 0.298. The Morgan fingerprint density at radius 2 is 2.36 bits per heavy atom. The number of nitrogens with one attached hydrogen (secondary N) is 1. The van der Waals surface area contributed by atoms with Gasteiger partial charge in [-0.2, -0.15) is 0 Å². The third kappa shape index (κ3) is 1.97. The van der Waals surface area contributed by atoms with Crippen molar-refractivity contribution in [2.24, 2.45) is 0 Å². The quantitative estimate of drug-likeness (QED) is 0.590. The zero-order chi connectivity index (χ0) is 8.27. The molecule has 1 aliphatic rings.